The zero-order valence-corrected chi connectivity index (χ0v) is 12.8. The summed E-state index contributed by atoms with van der Waals surface area (Å²) in [6, 6.07) is 9.73. The molecule has 0 radical (unpaired) electrons. The van der Waals surface area contributed by atoms with E-state index in [2.05, 4.69) is 10.6 Å². The van der Waals surface area contributed by atoms with Gasteiger partial charge in [0.25, 0.3) is 0 Å². The summed E-state index contributed by atoms with van der Waals surface area (Å²) in [6.45, 7) is 0. The van der Waals surface area contributed by atoms with E-state index in [0.29, 0.717) is 6.42 Å². The number of benzene rings is 1. The van der Waals surface area contributed by atoms with E-state index in [1.54, 1.807) is 11.3 Å². The first-order valence-corrected chi connectivity index (χ1v) is 8.34. The summed E-state index contributed by atoms with van der Waals surface area (Å²) in [6.07, 6.45) is 3.06. The van der Waals surface area contributed by atoms with Crippen molar-refractivity contribution in [1.29, 1.82) is 0 Å². The van der Waals surface area contributed by atoms with E-state index >= 15 is 0 Å². The molecule has 1 aliphatic carbocycles. The standard InChI is InChI=1S/C17H16N2O2S/c20-15-6-3-11-10-12(4-5-13(11)19-15)18-16(21)17(7-8-17)14-2-1-9-22-14/h1-2,4-5,9-10H,3,6-8H2,(H,18,21)(H,19,20). The third-order valence-corrected chi connectivity index (χ3v) is 5.51. The monoisotopic (exact) mass is 312 g/mol. The zero-order valence-electron chi connectivity index (χ0n) is 12.0. The lowest BCUT2D eigenvalue weighted by Crippen LogP contribution is -2.27. The van der Waals surface area contributed by atoms with Gasteiger partial charge in [-0.25, -0.2) is 0 Å². The molecule has 0 atom stereocenters. The average Bonchev–Trinajstić information content (AvgIpc) is 3.15. The van der Waals surface area contributed by atoms with Crippen molar-refractivity contribution in [1.82, 2.24) is 0 Å². The van der Waals surface area contributed by atoms with Crippen LogP contribution in [0.1, 0.15) is 29.7 Å². The smallest absolute Gasteiger partial charge is 0.235 e. The normalized spacial score (nSPS) is 18.3. The number of carbonyl (C=O) groups is 2. The van der Waals surface area contributed by atoms with E-state index in [1.165, 1.54) is 0 Å². The van der Waals surface area contributed by atoms with Crippen molar-refractivity contribution in [2.75, 3.05) is 10.6 Å². The van der Waals surface area contributed by atoms with Crippen LogP contribution in [-0.2, 0) is 21.4 Å². The minimum atomic E-state index is -0.321. The summed E-state index contributed by atoms with van der Waals surface area (Å²) in [4.78, 5) is 25.2. The molecule has 1 saturated carbocycles. The SMILES string of the molecule is O=C1CCc2cc(NC(=O)C3(c4cccs4)CC3)ccc2N1. The van der Waals surface area contributed by atoms with Crippen LogP contribution in [0.25, 0.3) is 0 Å². The number of fused-ring (bicyclic) bond motifs is 1. The number of rotatable bonds is 3. The summed E-state index contributed by atoms with van der Waals surface area (Å²) in [7, 11) is 0. The lowest BCUT2D eigenvalue weighted by atomic mass is 10.0. The van der Waals surface area contributed by atoms with Gasteiger partial charge >= 0.3 is 0 Å². The highest BCUT2D eigenvalue weighted by molar-refractivity contribution is 7.10. The first kappa shape index (κ1) is 13.5. The van der Waals surface area contributed by atoms with Gasteiger partial charge in [-0.1, -0.05) is 6.07 Å². The maximum Gasteiger partial charge on any atom is 0.235 e. The molecule has 1 aromatic heterocycles. The fraction of sp³-hybridized carbons (Fsp3) is 0.294. The van der Waals surface area contributed by atoms with Crippen LogP contribution >= 0.6 is 11.3 Å². The van der Waals surface area contributed by atoms with Crippen molar-refractivity contribution < 1.29 is 9.59 Å². The number of aryl methyl sites for hydroxylation is 1. The third kappa shape index (κ3) is 2.22. The largest absolute Gasteiger partial charge is 0.326 e. The van der Waals surface area contributed by atoms with Gasteiger partial charge in [0, 0.05) is 22.7 Å². The number of thiophene rings is 1. The Hall–Kier alpha value is -2.14. The molecule has 4 rings (SSSR count). The van der Waals surface area contributed by atoms with Crippen LogP contribution in [0.3, 0.4) is 0 Å². The van der Waals surface area contributed by atoms with Crippen molar-refractivity contribution in [2.45, 2.75) is 31.1 Å². The maximum atomic E-state index is 12.6. The van der Waals surface area contributed by atoms with Crippen LogP contribution in [0.2, 0.25) is 0 Å². The molecule has 0 bridgehead atoms. The van der Waals surface area contributed by atoms with E-state index in [1.807, 2.05) is 35.7 Å². The Kier molecular flexibility index (Phi) is 3.04. The van der Waals surface area contributed by atoms with E-state index < -0.39 is 0 Å². The van der Waals surface area contributed by atoms with Crippen molar-refractivity contribution in [3.8, 4) is 0 Å². The van der Waals surface area contributed by atoms with E-state index in [9.17, 15) is 9.59 Å². The molecule has 0 unspecified atom stereocenters. The third-order valence-electron chi connectivity index (χ3n) is 4.44. The Morgan fingerprint density at radius 3 is 2.82 bits per heavy atom. The van der Waals surface area contributed by atoms with Crippen LogP contribution in [0.15, 0.2) is 35.7 Å². The summed E-state index contributed by atoms with van der Waals surface area (Å²) < 4.78 is 0. The van der Waals surface area contributed by atoms with Gasteiger partial charge in [0.05, 0.1) is 5.41 Å². The number of hydrogen-bond acceptors (Lipinski definition) is 3. The first-order valence-electron chi connectivity index (χ1n) is 7.46. The van der Waals surface area contributed by atoms with Crippen LogP contribution in [-0.4, -0.2) is 11.8 Å². The average molecular weight is 312 g/mol. The predicted molar refractivity (Wildman–Crippen MR) is 87.3 cm³/mol. The highest BCUT2D eigenvalue weighted by Crippen LogP contribution is 2.50. The molecule has 112 valence electrons. The molecule has 2 amide bonds. The molecule has 4 nitrogen and oxygen atoms in total. The van der Waals surface area contributed by atoms with Crippen LogP contribution in [0, 0.1) is 0 Å². The van der Waals surface area contributed by atoms with Crippen molar-refractivity contribution in [2.24, 2.45) is 0 Å². The number of hydrogen-bond donors (Lipinski definition) is 2. The molecule has 0 saturated heterocycles. The molecule has 2 aromatic rings. The van der Waals surface area contributed by atoms with Gasteiger partial charge in [0.15, 0.2) is 0 Å². The van der Waals surface area contributed by atoms with Gasteiger partial charge in [-0.3, -0.25) is 9.59 Å². The second-order valence-electron chi connectivity index (χ2n) is 5.93. The molecule has 1 fully saturated rings. The molecule has 0 spiro atoms. The topological polar surface area (TPSA) is 58.2 Å². The second kappa shape index (κ2) is 4.95. The summed E-state index contributed by atoms with van der Waals surface area (Å²) in [5.74, 6) is 0.133. The van der Waals surface area contributed by atoms with Crippen LogP contribution in [0.4, 0.5) is 11.4 Å². The number of anilines is 2. The lowest BCUT2D eigenvalue weighted by Gasteiger charge is -2.19. The van der Waals surface area contributed by atoms with E-state index in [0.717, 1.165) is 41.1 Å². The number of carbonyl (C=O) groups excluding carboxylic acids is 2. The molecule has 2 N–H and O–H groups in total. The quantitative estimate of drug-likeness (QED) is 0.913. The van der Waals surface area contributed by atoms with E-state index in [4.69, 9.17) is 0 Å². The first-order chi connectivity index (χ1) is 10.7. The van der Waals surface area contributed by atoms with Crippen LogP contribution in [0.5, 0.6) is 0 Å². The molecule has 5 heteroatoms. The Labute approximate surface area is 132 Å². The Morgan fingerprint density at radius 2 is 2.09 bits per heavy atom. The van der Waals surface area contributed by atoms with Gasteiger partial charge < -0.3 is 10.6 Å². The van der Waals surface area contributed by atoms with E-state index in [-0.39, 0.29) is 17.2 Å². The Balaban J connectivity index is 1.55. The predicted octanol–water partition coefficient (Wildman–Crippen LogP) is 3.30. The Bertz CT molecular complexity index is 748. The molecule has 22 heavy (non-hydrogen) atoms. The van der Waals surface area contributed by atoms with Crippen molar-refractivity contribution >= 4 is 34.5 Å². The molecule has 2 heterocycles. The van der Waals surface area contributed by atoms with Crippen molar-refractivity contribution in [3.05, 3.63) is 46.2 Å². The molecule has 2 aliphatic rings. The zero-order chi connectivity index (χ0) is 15.2. The molecular formula is C17H16N2O2S. The van der Waals surface area contributed by atoms with Gasteiger partial charge in [-0.15, -0.1) is 11.3 Å². The summed E-state index contributed by atoms with van der Waals surface area (Å²) >= 11 is 1.65. The lowest BCUT2D eigenvalue weighted by molar-refractivity contribution is -0.118. The van der Waals surface area contributed by atoms with Gasteiger partial charge in [0.1, 0.15) is 0 Å². The van der Waals surface area contributed by atoms with Crippen molar-refractivity contribution in [3.63, 3.8) is 0 Å². The molecule has 1 aromatic carbocycles. The molecular weight excluding hydrogens is 296 g/mol. The minimum absolute atomic E-state index is 0.0546. The Morgan fingerprint density at radius 1 is 1.23 bits per heavy atom. The van der Waals surface area contributed by atoms with Crippen LogP contribution < -0.4 is 10.6 Å². The fourth-order valence-corrected chi connectivity index (χ4v) is 3.96. The van der Waals surface area contributed by atoms with Gasteiger partial charge in [0.2, 0.25) is 11.8 Å². The molecule has 1 aliphatic heterocycles. The highest BCUT2D eigenvalue weighted by Gasteiger charge is 2.52. The van der Waals surface area contributed by atoms with Gasteiger partial charge in [-0.05, 0) is 54.5 Å². The number of amides is 2. The minimum Gasteiger partial charge on any atom is -0.326 e. The summed E-state index contributed by atoms with van der Waals surface area (Å²) in [5, 5.41) is 7.92. The van der Waals surface area contributed by atoms with Gasteiger partial charge in [-0.2, -0.15) is 0 Å². The number of nitrogens with one attached hydrogen (secondary N) is 2. The highest BCUT2D eigenvalue weighted by atomic mass is 32.1. The second-order valence-corrected chi connectivity index (χ2v) is 6.88. The maximum absolute atomic E-state index is 12.6. The summed E-state index contributed by atoms with van der Waals surface area (Å²) in [5.41, 5.74) is 2.42. The fourth-order valence-electron chi connectivity index (χ4n) is 2.97.